The number of amides is 2. The van der Waals surface area contributed by atoms with Gasteiger partial charge >= 0.3 is 12.1 Å². The van der Waals surface area contributed by atoms with Crippen molar-refractivity contribution >= 4 is 29.4 Å². The zero-order valence-corrected chi connectivity index (χ0v) is 19.7. The summed E-state index contributed by atoms with van der Waals surface area (Å²) in [6.45, 7) is 6.57. The monoisotopic (exact) mass is 503 g/mol. The minimum atomic E-state index is -5.08. The van der Waals surface area contributed by atoms with Crippen LogP contribution in [0.15, 0.2) is 24.3 Å². The maximum Gasteiger partial charge on any atom is 0.490 e. The molecule has 0 saturated carbocycles. The van der Waals surface area contributed by atoms with Gasteiger partial charge in [-0.1, -0.05) is 36.7 Å². The summed E-state index contributed by atoms with van der Waals surface area (Å²) in [5, 5.41) is 11.1. The van der Waals surface area contributed by atoms with E-state index in [4.69, 9.17) is 21.5 Å². The van der Waals surface area contributed by atoms with Crippen LogP contribution < -0.4 is 5.32 Å². The number of halogens is 4. The largest absolute Gasteiger partial charge is 0.490 e. The second kappa shape index (κ2) is 10.5. The molecule has 1 aromatic carbocycles. The molecule has 188 valence electrons. The average molecular weight is 504 g/mol. The quantitative estimate of drug-likeness (QED) is 0.659. The van der Waals surface area contributed by atoms with E-state index in [1.165, 1.54) is 0 Å². The van der Waals surface area contributed by atoms with E-state index in [1.54, 1.807) is 0 Å². The third-order valence-corrected chi connectivity index (χ3v) is 7.27. The van der Waals surface area contributed by atoms with Crippen LogP contribution in [0.25, 0.3) is 0 Å². The van der Waals surface area contributed by atoms with E-state index in [1.807, 2.05) is 29.2 Å². The van der Waals surface area contributed by atoms with Gasteiger partial charge in [-0.3, -0.25) is 9.59 Å². The number of carbonyl (C=O) groups excluding carboxylic acids is 2. The van der Waals surface area contributed by atoms with Crippen molar-refractivity contribution in [3.05, 3.63) is 34.9 Å². The van der Waals surface area contributed by atoms with Gasteiger partial charge in [0.25, 0.3) is 0 Å². The molecule has 3 aliphatic heterocycles. The Morgan fingerprint density at radius 2 is 1.82 bits per heavy atom. The lowest BCUT2D eigenvalue weighted by Gasteiger charge is -2.43. The molecule has 3 fully saturated rings. The van der Waals surface area contributed by atoms with Gasteiger partial charge in [0.05, 0.1) is 12.3 Å². The van der Waals surface area contributed by atoms with E-state index < -0.39 is 12.1 Å². The first-order valence-electron chi connectivity index (χ1n) is 11.3. The minimum absolute atomic E-state index is 0.120. The number of fused-ring (bicyclic) bond motifs is 2. The summed E-state index contributed by atoms with van der Waals surface area (Å²) in [6.07, 6.45) is -1.91. The van der Waals surface area contributed by atoms with Crippen molar-refractivity contribution < 1.29 is 32.7 Å². The fourth-order valence-electron chi connectivity index (χ4n) is 5.21. The predicted molar refractivity (Wildman–Crippen MR) is 119 cm³/mol. The molecule has 4 rings (SSSR count). The Balaban J connectivity index is 0.000000406. The molecule has 0 aromatic heterocycles. The summed E-state index contributed by atoms with van der Waals surface area (Å²) >= 11 is 6.20. The summed E-state index contributed by atoms with van der Waals surface area (Å²) in [7, 11) is 0. The van der Waals surface area contributed by atoms with Gasteiger partial charge in [-0.05, 0) is 37.4 Å². The van der Waals surface area contributed by atoms with Crippen LogP contribution in [0.5, 0.6) is 0 Å². The molecule has 1 aromatic rings. The highest BCUT2D eigenvalue weighted by atomic mass is 35.5. The van der Waals surface area contributed by atoms with Crippen LogP contribution >= 0.6 is 11.6 Å². The minimum Gasteiger partial charge on any atom is -0.475 e. The molecular formula is C23H29ClF3N3O4. The second-order valence-electron chi connectivity index (χ2n) is 9.07. The Hall–Kier alpha value is -2.33. The van der Waals surface area contributed by atoms with Gasteiger partial charge in [0.15, 0.2) is 0 Å². The van der Waals surface area contributed by atoms with E-state index >= 15 is 0 Å². The first kappa shape index (κ1) is 26.3. The van der Waals surface area contributed by atoms with Crippen LogP contribution in [-0.4, -0.2) is 77.1 Å². The van der Waals surface area contributed by atoms with E-state index in [0.29, 0.717) is 30.5 Å². The van der Waals surface area contributed by atoms with Crippen molar-refractivity contribution in [1.29, 1.82) is 0 Å². The highest BCUT2D eigenvalue weighted by Crippen LogP contribution is 2.44. The van der Waals surface area contributed by atoms with Gasteiger partial charge in [-0.15, -0.1) is 0 Å². The number of aliphatic carboxylic acids is 1. The molecule has 34 heavy (non-hydrogen) atoms. The first-order chi connectivity index (χ1) is 16.0. The lowest BCUT2D eigenvalue weighted by Crippen LogP contribution is -2.56. The van der Waals surface area contributed by atoms with Crippen LogP contribution in [0.4, 0.5) is 13.2 Å². The molecule has 2 atom stereocenters. The summed E-state index contributed by atoms with van der Waals surface area (Å²) in [4.78, 5) is 38.5. The van der Waals surface area contributed by atoms with Crippen molar-refractivity contribution in [2.24, 2.45) is 11.8 Å². The van der Waals surface area contributed by atoms with Crippen molar-refractivity contribution in [3.8, 4) is 0 Å². The zero-order valence-electron chi connectivity index (χ0n) is 18.9. The number of alkyl halides is 3. The molecule has 0 aliphatic carbocycles. The number of likely N-dealkylation sites (tertiary alicyclic amines) is 2. The second-order valence-corrected chi connectivity index (χ2v) is 9.48. The molecule has 2 N–H and O–H groups in total. The lowest BCUT2D eigenvalue weighted by molar-refractivity contribution is -0.192. The Kier molecular flexibility index (Phi) is 8.13. The maximum absolute atomic E-state index is 12.7. The average Bonchev–Trinajstić information content (AvgIpc) is 3.30. The number of rotatable bonds is 4. The highest BCUT2D eigenvalue weighted by molar-refractivity contribution is 6.31. The summed E-state index contributed by atoms with van der Waals surface area (Å²) in [6, 6.07) is 7.53. The predicted octanol–water partition coefficient (Wildman–Crippen LogP) is 2.96. The summed E-state index contributed by atoms with van der Waals surface area (Å²) in [5.74, 6) is -1.90. The van der Waals surface area contributed by atoms with Gasteiger partial charge in [-0.2, -0.15) is 13.2 Å². The van der Waals surface area contributed by atoms with Gasteiger partial charge in [0.1, 0.15) is 0 Å². The zero-order chi connectivity index (χ0) is 25.1. The van der Waals surface area contributed by atoms with E-state index in [2.05, 4.69) is 17.1 Å². The van der Waals surface area contributed by atoms with Crippen LogP contribution in [0.3, 0.4) is 0 Å². The number of carboxylic acids is 1. The Morgan fingerprint density at radius 1 is 1.21 bits per heavy atom. The Labute approximate surface area is 201 Å². The molecule has 11 heteroatoms. The SMILES string of the molecule is CCCN1C[C@H]2C(=O)NC3(CCN(C(=O)Cc4ccccc4Cl)CC3)[C@H]2C1.O=C(O)C(F)(F)F. The fourth-order valence-corrected chi connectivity index (χ4v) is 5.41. The molecule has 0 unspecified atom stereocenters. The molecule has 3 aliphatic rings. The molecule has 3 heterocycles. The van der Waals surface area contributed by atoms with Crippen molar-refractivity contribution in [2.45, 2.75) is 44.3 Å². The Bertz CT molecular complexity index is 919. The molecule has 7 nitrogen and oxygen atoms in total. The van der Waals surface area contributed by atoms with Gasteiger partial charge < -0.3 is 20.2 Å². The van der Waals surface area contributed by atoms with Crippen LogP contribution in [0.1, 0.15) is 31.7 Å². The van der Waals surface area contributed by atoms with Gasteiger partial charge in [0, 0.05) is 42.7 Å². The van der Waals surface area contributed by atoms with Gasteiger partial charge in [-0.25, -0.2) is 4.79 Å². The molecule has 2 amide bonds. The number of piperidine rings is 1. The number of carbonyl (C=O) groups is 3. The van der Waals surface area contributed by atoms with E-state index in [0.717, 1.165) is 44.5 Å². The molecule has 0 bridgehead atoms. The first-order valence-corrected chi connectivity index (χ1v) is 11.7. The number of benzene rings is 1. The Morgan fingerprint density at radius 3 is 2.38 bits per heavy atom. The smallest absolute Gasteiger partial charge is 0.475 e. The number of nitrogens with one attached hydrogen (secondary N) is 1. The standard InChI is InChI=1S/C21H28ClN3O2.C2HF3O2/c1-2-9-24-13-16-17(14-24)21(23-20(16)27)7-10-25(11-8-21)19(26)12-15-5-3-4-6-18(15)22;3-2(4,5)1(6)7/h3-6,16-17H,2,7-14H2,1H3,(H,23,27);(H,6,7)/t16-,17+;/m1./s1. The topological polar surface area (TPSA) is 90.0 Å². The molecule has 0 radical (unpaired) electrons. The molecule has 3 saturated heterocycles. The number of carboxylic acid groups (broad SMARTS) is 1. The van der Waals surface area contributed by atoms with E-state index in [9.17, 15) is 22.8 Å². The van der Waals surface area contributed by atoms with Crippen molar-refractivity contribution in [3.63, 3.8) is 0 Å². The van der Waals surface area contributed by atoms with Crippen LogP contribution in [0, 0.1) is 11.8 Å². The number of hydrogen-bond acceptors (Lipinski definition) is 4. The highest BCUT2D eigenvalue weighted by Gasteiger charge is 2.57. The third kappa shape index (κ3) is 5.83. The third-order valence-electron chi connectivity index (χ3n) is 6.90. The van der Waals surface area contributed by atoms with Crippen molar-refractivity contribution in [1.82, 2.24) is 15.1 Å². The lowest BCUT2D eigenvalue weighted by atomic mass is 9.75. The molecular weight excluding hydrogens is 475 g/mol. The summed E-state index contributed by atoms with van der Waals surface area (Å²) in [5.41, 5.74) is 0.760. The van der Waals surface area contributed by atoms with Gasteiger partial charge in [0.2, 0.25) is 11.8 Å². The normalized spacial score (nSPS) is 23.8. The number of hydrogen-bond donors (Lipinski definition) is 2. The summed E-state index contributed by atoms with van der Waals surface area (Å²) < 4.78 is 31.7. The molecule has 1 spiro atoms. The van der Waals surface area contributed by atoms with E-state index in [-0.39, 0.29) is 23.3 Å². The maximum atomic E-state index is 12.7. The fraction of sp³-hybridized carbons (Fsp3) is 0.609. The van der Waals surface area contributed by atoms with Crippen LogP contribution in [-0.2, 0) is 20.8 Å². The van der Waals surface area contributed by atoms with Crippen molar-refractivity contribution in [2.75, 3.05) is 32.7 Å². The van der Waals surface area contributed by atoms with Crippen LogP contribution in [0.2, 0.25) is 5.02 Å². The number of nitrogens with zero attached hydrogens (tertiary/aromatic N) is 2.